The second-order valence-electron chi connectivity index (χ2n) is 4.22. The van der Waals surface area contributed by atoms with E-state index in [1.54, 1.807) is 0 Å². The molecule has 0 aliphatic rings. The molecule has 0 atom stereocenters. The van der Waals surface area contributed by atoms with Crippen molar-refractivity contribution in [1.29, 1.82) is 0 Å². The molecule has 0 aromatic heterocycles. The van der Waals surface area contributed by atoms with Gasteiger partial charge in [-0.15, -0.1) is 0 Å². The molecule has 0 aliphatic heterocycles. The van der Waals surface area contributed by atoms with Crippen molar-refractivity contribution < 1.29 is 19.4 Å². The molecule has 2 N–H and O–H groups in total. The highest BCUT2D eigenvalue weighted by Gasteiger charge is 2.02. The van der Waals surface area contributed by atoms with Gasteiger partial charge in [-0.3, -0.25) is 9.59 Å². The fourth-order valence-corrected chi connectivity index (χ4v) is 1.27. The Bertz CT molecular complexity index is 229. The minimum atomic E-state index is -0.790. The molecule has 0 fully saturated rings. The Morgan fingerprint density at radius 2 is 1.88 bits per heavy atom. The molecule has 0 heterocycles. The third kappa shape index (κ3) is 12.8. The number of carbonyl (C=O) groups excluding carboxylic acids is 1. The molecule has 5 nitrogen and oxygen atoms in total. The molecule has 0 aliphatic carbocycles. The Morgan fingerprint density at radius 3 is 2.47 bits per heavy atom. The van der Waals surface area contributed by atoms with E-state index in [0.29, 0.717) is 32.4 Å². The van der Waals surface area contributed by atoms with Crippen LogP contribution in [-0.2, 0) is 14.3 Å². The van der Waals surface area contributed by atoms with Crippen molar-refractivity contribution in [1.82, 2.24) is 5.32 Å². The van der Waals surface area contributed by atoms with E-state index in [4.69, 9.17) is 9.84 Å². The SMILES string of the molecule is CC(C)OCCCC(=O)NCCCCC(=O)O. The van der Waals surface area contributed by atoms with Gasteiger partial charge in [0.15, 0.2) is 0 Å². The number of unbranched alkanes of at least 4 members (excludes halogenated alkanes) is 1. The van der Waals surface area contributed by atoms with Gasteiger partial charge in [0, 0.05) is 26.0 Å². The summed E-state index contributed by atoms with van der Waals surface area (Å²) in [4.78, 5) is 21.5. The molecule has 0 saturated carbocycles. The normalized spacial score (nSPS) is 10.5. The maximum absolute atomic E-state index is 11.3. The van der Waals surface area contributed by atoms with E-state index in [1.165, 1.54) is 0 Å². The molecular formula is C12H23NO4. The third-order valence-corrected chi connectivity index (χ3v) is 2.14. The van der Waals surface area contributed by atoms with Crippen LogP contribution < -0.4 is 5.32 Å². The Balaban J connectivity index is 3.26. The van der Waals surface area contributed by atoms with Gasteiger partial charge in [0.25, 0.3) is 0 Å². The Kier molecular flexibility index (Phi) is 9.43. The van der Waals surface area contributed by atoms with Gasteiger partial charge >= 0.3 is 5.97 Å². The van der Waals surface area contributed by atoms with E-state index in [2.05, 4.69) is 5.32 Å². The molecule has 0 unspecified atom stereocenters. The zero-order valence-electron chi connectivity index (χ0n) is 10.7. The van der Waals surface area contributed by atoms with Crippen molar-refractivity contribution in [3.05, 3.63) is 0 Å². The van der Waals surface area contributed by atoms with E-state index in [-0.39, 0.29) is 18.4 Å². The van der Waals surface area contributed by atoms with Gasteiger partial charge < -0.3 is 15.2 Å². The first-order valence-electron chi connectivity index (χ1n) is 6.12. The number of nitrogens with one attached hydrogen (secondary N) is 1. The minimum absolute atomic E-state index is 0.00711. The summed E-state index contributed by atoms with van der Waals surface area (Å²) in [6.07, 6.45) is 2.87. The van der Waals surface area contributed by atoms with E-state index in [9.17, 15) is 9.59 Å². The molecule has 0 aromatic carbocycles. The first kappa shape index (κ1) is 15.9. The van der Waals surface area contributed by atoms with E-state index in [1.807, 2.05) is 13.8 Å². The monoisotopic (exact) mass is 245 g/mol. The number of hydrogen-bond acceptors (Lipinski definition) is 3. The lowest BCUT2D eigenvalue weighted by Gasteiger charge is -2.07. The predicted molar refractivity (Wildman–Crippen MR) is 64.8 cm³/mol. The van der Waals surface area contributed by atoms with Gasteiger partial charge in [0.05, 0.1) is 6.10 Å². The average Bonchev–Trinajstić information content (AvgIpc) is 2.23. The largest absolute Gasteiger partial charge is 0.481 e. The smallest absolute Gasteiger partial charge is 0.303 e. The minimum Gasteiger partial charge on any atom is -0.481 e. The number of hydrogen-bond donors (Lipinski definition) is 2. The maximum atomic E-state index is 11.3. The van der Waals surface area contributed by atoms with Crippen LogP contribution in [0.4, 0.5) is 0 Å². The Hall–Kier alpha value is -1.10. The van der Waals surface area contributed by atoms with E-state index in [0.717, 1.165) is 6.42 Å². The van der Waals surface area contributed by atoms with Crippen LogP contribution in [0.15, 0.2) is 0 Å². The highest BCUT2D eigenvalue weighted by atomic mass is 16.5. The van der Waals surface area contributed by atoms with Gasteiger partial charge in [-0.2, -0.15) is 0 Å². The van der Waals surface area contributed by atoms with Crippen molar-refractivity contribution >= 4 is 11.9 Å². The molecule has 100 valence electrons. The number of carboxylic acids is 1. The zero-order valence-corrected chi connectivity index (χ0v) is 10.7. The number of carbonyl (C=O) groups is 2. The van der Waals surface area contributed by atoms with Gasteiger partial charge in [0.2, 0.25) is 5.91 Å². The van der Waals surface area contributed by atoms with Crippen LogP contribution in [0, 0.1) is 0 Å². The van der Waals surface area contributed by atoms with Crippen LogP contribution >= 0.6 is 0 Å². The third-order valence-electron chi connectivity index (χ3n) is 2.14. The van der Waals surface area contributed by atoms with Gasteiger partial charge in [0.1, 0.15) is 0 Å². The summed E-state index contributed by atoms with van der Waals surface area (Å²) in [6, 6.07) is 0. The van der Waals surface area contributed by atoms with Crippen molar-refractivity contribution in [2.75, 3.05) is 13.2 Å². The van der Waals surface area contributed by atoms with Gasteiger partial charge in [-0.25, -0.2) is 0 Å². The summed E-state index contributed by atoms with van der Waals surface area (Å²) in [5.41, 5.74) is 0. The van der Waals surface area contributed by atoms with Gasteiger partial charge in [-0.1, -0.05) is 0 Å². The van der Waals surface area contributed by atoms with Crippen LogP contribution in [0.5, 0.6) is 0 Å². The lowest BCUT2D eigenvalue weighted by molar-refractivity contribution is -0.137. The summed E-state index contributed by atoms with van der Waals surface area (Å²) in [5, 5.41) is 11.2. The highest BCUT2D eigenvalue weighted by Crippen LogP contribution is 1.96. The van der Waals surface area contributed by atoms with Crippen molar-refractivity contribution in [2.45, 2.75) is 52.1 Å². The van der Waals surface area contributed by atoms with E-state index >= 15 is 0 Å². The van der Waals surface area contributed by atoms with Crippen LogP contribution in [0.1, 0.15) is 46.0 Å². The molecule has 0 rings (SSSR count). The number of rotatable bonds is 10. The molecule has 0 radical (unpaired) electrons. The first-order valence-corrected chi connectivity index (χ1v) is 6.12. The number of carboxylic acid groups (broad SMARTS) is 1. The second-order valence-corrected chi connectivity index (χ2v) is 4.22. The summed E-state index contributed by atoms with van der Waals surface area (Å²) in [5.74, 6) is -0.783. The van der Waals surface area contributed by atoms with Crippen molar-refractivity contribution in [3.8, 4) is 0 Å². The fraction of sp³-hybridized carbons (Fsp3) is 0.833. The number of ether oxygens (including phenoxy) is 1. The van der Waals surface area contributed by atoms with Crippen molar-refractivity contribution in [3.63, 3.8) is 0 Å². The van der Waals surface area contributed by atoms with Gasteiger partial charge in [-0.05, 0) is 33.1 Å². The zero-order chi connectivity index (χ0) is 13.1. The maximum Gasteiger partial charge on any atom is 0.303 e. The molecular weight excluding hydrogens is 222 g/mol. The number of amides is 1. The first-order chi connectivity index (χ1) is 8.02. The fourth-order valence-electron chi connectivity index (χ4n) is 1.27. The summed E-state index contributed by atoms with van der Waals surface area (Å²) in [6.45, 7) is 5.08. The molecule has 0 bridgehead atoms. The second kappa shape index (κ2) is 10.1. The Labute approximate surface area is 103 Å². The topological polar surface area (TPSA) is 75.6 Å². The van der Waals surface area contributed by atoms with Crippen LogP contribution in [-0.4, -0.2) is 36.2 Å². The van der Waals surface area contributed by atoms with Crippen LogP contribution in [0.3, 0.4) is 0 Å². The molecule has 0 aromatic rings. The molecule has 17 heavy (non-hydrogen) atoms. The summed E-state index contributed by atoms with van der Waals surface area (Å²) >= 11 is 0. The van der Waals surface area contributed by atoms with E-state index < -0.39 is 5.97 Å². The van der Waals surface area contributed by atoms with Crippen molar-refractivity contribution in [2.24, 2.45) is 0 Å². The summed E-state index contributed by atoms with van der Waals surface area (Å²) in [7, 11) is 0. The molecule has 0 spiro atoms. The Morgan fingerprint density at radius 1 is 1.18 bits per heavy atom. The predicted octanol–water partition coefficient (Wildman–Crippen LogP) is 1.56. The lowest BCUT2D eigenvalue weighted by atomic mass is 10.2. The average molecular weight is 245 g/mol. The molecule has 1 amide bonds. The van der Waals surface area contributed by atoms with Crippen LogP contribution in [0.25, 0.3) is 0 Å². The quantitative estimate of drug-likeness (QED) is 0.573. The highest BCUT2D eigenvalue weighted by molar-refractivity contribution is 5.75. The number of aliphatic carboxylic acids is 1. The molecule has 0 saturated heterocycles. The lowest BCUT2D eigenvalue weighted by Crippen LogP contribution is -2.24. The van der Waals surface area contributed by atoms with Crippen LogP contribution in [0.2, 0.25) is 0 Å². The standard InChI is InChI=1S/C12H23NO4/c1-10(2)17-9-5-6-11(14)13-8-4-3-7-12(15)16/h10H,3-9H2,1-2H3,(H,13,14)(H,15,16). The summed E-state index contributed by atoms with van der Waals surface area (Å²) < 4.78 is 5.32. The molecule has 5 heteroatoms.